The standard InChI is InChI=1S/C25H19N3/c1-3-11-20(12-4-1)24-18-28(27-26-24)25(21-13-5-2-6-14-21)23-17-9-15-19-10-7-8-16-22(19)23/h1-18,25H. The van der Waals surface area contributed by atoms with Gasteiger partial charge in [-0.3, -0.25) is 0 Å². The molecule has 4 aromatic carbocycles. The molecule has 0 amide bonds. The fourth-order valence-corrected chi connectivity index (χ4v) is 3.74. The van der Waals surface area contributed by atoms with Gasteiger partial charge in [-0.2, -0.15) is 0 Å². The molecule has 0 spiro atoms. The molecule has 3 nitrogen and oxygen atoms in total. The van der Waals surface area contributed by atoms with E-state index in [9.17, 15) is 0 Å². The lowest BCUT2D eigenvalue weighted by Crippen LogP contribution is -2.13. The number of aromatic nitrogens is 3. The van der Waals surface area contributed by atoms with Gasteiger partial charge < -0.3 is 0 Å². The Bertz CT molecular complexity index is 1200. The van der Waals surface area contributed by atoms with Gasteiger partial charge in [0, 0.05) is 5.56 Å². The number of nitrogens with zero attached hydrogens (tertiary/aromatic N) is 3. The van der Waals surface area contributed by atoms with Crippen molar-refractivity contribution < 1.29 is 0 Å². The van der Waals surface area contributed by atoms with Crippen LogP contribution in [0.4, 0.5) is 0 Å². The lowest BCUT2D eigenvalue weighted by atomic mass is 9.94. The zero-order valence-corrected chi connectivity index (χ0v) is 15.3. The van der Waals surface area contributed by atoms with Crippen molar-refractivity contribution >= 4 is 10.8 Å². The van der Waals surface area contributed by atoms with E-state index in [2.05, 4.69) is 89.2 Å². The first-order valence-corrected chi connectivity index (χ1v) is 9.40. The quantitative estimate of drug-likeness (QED) is 0.409. The maximum atomic E-state index is 4.52. The van der Waals surface area contributed by atoms with E-state index in [-0.39, 0.29) is 6.04 Å². The minimum atomic E-state index is -0.0442. The fraction of sp³-hybridized carbons (Fsp3) is 0.0400. The van der Waals surface area contributed by atoms with Crippen molar-refractivity contribution in [3.05, 3.63) is 120 Å². The van der Waals surface area contributed by atoms with Crippen molar-refractivity contribution in [2.45, 2.75) is 6.04 Å². The molecule has 1 unspecified atom stereocenters. The summed E-state index contributed by atoms with van der Waals surface area (Å²) in [6.07, 6.45) is 2.04. The summed E-state index contributed by atoms with van der Waals surface area (Å²) >= 11 is 0. The fourth-order valence-electron chi connectivity index (χ4n) is 3.74. The molecule has 0 saturated heterocycles. The first-order valence-electron chi connectivity index (χ1n) is 9.40. The van der Waals surface area contributed by atoms with Gasteiger partial charge in [0.05, 0.1) is 6.20 Å². The van der Waals surface area contributed by atoms with Crippen LogP contribution in [0, 0.1) is 0 Å². The second-order valence-corrected chi connectivity index (χ2v) is 6.83. The largest absolute Gasteiger partial charge is 0.240 e. The predicted molar refractivity (Wildman–Crippen MR) is 113 cm³/mol. The molecule has 28 heavy (non-hydrogen) atoms. The van der Waals surface area contributed by atoms with Gasteiger partial charge in [0.15, 0.2) is 0 Å². The molecule has 0 aliphatic carbocycles. The minimum Gasteiger partial charge on any atom is -0.240 e. The average Bonchev–Trinajstić information content (AvgIpc) is 3.25. The number of hydrogen-bond acceptors (Lipinski definition) is 2. The first kappa shape index (κ1) is 16.5. The highest BCUT2D eigenvalue weighted by molar-refractivity contribution is 5.86. The molecule has 0 saturated carbocycles. The number of fused-ring (bicyclic) bond motifs is 1. The van der Waals surface area contributed by atoms with Gasteiger partial charge in [0.2, 0.25) is 0 Å². The van der Waals surface area contributed by atoms with Crippen LogP contribution in [-0.2, 0) is 0 Å². The molecule has 5 aromatic rings. The number of rotatable bonds is 4. The van der Waals surface area contributed by atoms with Crippen LogP contribution in [0.2, 0.25) is 0 Å². The van der Waals surface area contributed by atoms with Crippen molar-refractivity contribution in [3.63, 3.8) is 0 Å². The first-order chi connectivity index (χ1) is 13.9. The average molecular weight is 361 g/mol. The molecule has 0 aliphatic rings. The van der Waals surface area contributed by atoms with Crippen molar-refractivity contribution in [2.75, 3.05) is 0 Å². The topological polar surface area (TPSA) is 30.7 Å². The van der Waals surface area contributed by atoms with Crippen molar-refractivity contribution in [1.82, 2.24) is 15.0 Å². The molecular formula is C25H19N3. The molecular weight excluding hydrogens is 342 g/mol. The van der Waals surface area contributed by atoms with Gasteiger partial charge in [-0.25, -0.2) is 4.68 Å². The Morgan fingerprint density at radius 2 is 1.32 bits per heavy atom. The lowest BCUT2D eigenvalue weighted by molar-refractivity contribution is 0.574. The van der Waals surface area contributed by atoms with E-state index in [1.165, 1.54) is 21.9 Å². The molecule has 0 radical (unpaired) electrons. The summed E-state index contributed by atoms with van der Waals surface area (Å²) in [5.41, 5.74) is 4.34. The van der Waals surface area contributed by atoms with Gasteiger partial charge in [0.1, 0.15) is 11.7 Å². The monoisotopic (exact) mass is 361 g/mol. The van der Waals surface area contributed by atoms with E-state index in [1.54, 1.807) is 0 Å². The third kappa shape index (κ3) is 2.97. The molecule has 1 aromatic heterocycles. The summed E-state index contributed by atoms with van der Waals surface area (Å²) in [4.78, 5) is 0. The summed E-state index contributed by atoms with van der Waals surface area (Å²) in [5, 5.41) is 11.4. The third-order valence-electron chi connectivity index (χ3n) is 5.08. The van der Waals surface area contributed by atoms with E-state index < -0.39 is 0 Å². The minimum absolute atomic E-state index is 0.0442. The normalized spacial score (nSPS) is 12.1. The van der Waals surface area contributed by atoms with E-state index in [0.29, 0.717) is 0 Å². The summed E-state index contributed by atoms with van der Waals surface area (Å²) in [6.45, 7) is 0. The zero-order valence-electron chi connectivity index (χ0n) is 15.3. The lowest BCUT2D eigenvalue weighted by Gasteiger charge is -2.20. The third-order valence-corrected chi connectivity index (χ3v) is 5.08. The number of benzene rings is 4. The molecule has 1 heterocycles. The van der Waals surface area contributed by atoms with Gasteiger partial charge in [0.25, 0.3) is 0 Å². The Hall–Kier alpha value is -3.72. The Kier molecular flexibility index (Phi) is 4.19. The van der Waals surface area contributed by atoms with Gasteiger partial charge in [-0.05, 0) is 21.9 Å². The second-order valence-electron chi connectivity index (χ2n) is 6.83. The maximum Gasteiger partial charge on any atom is 0.113 e. The summed E-state index contributed by atoms with van der Waals surface area (Å²) < 4.78 is 1.97. The Balaban J connectivity index is 1.69. The van der Waals surface area contributed by atoms with Crippen molar-refractivity contribution in [2.24, 2.45) is 0 Å². The highest BCUT2D eigenvalue weighted by atomic mass is 15.4. The van der Waals surface area contributed by atoms with Crippen LogP contribution in [0.15, 0.2) is 109 Å². The van der Waals surface area contributed by atoms with Crippen LogP contribution in [0.5, 0.6) is 0 Å². The summed E-state index contributed by atoms with van der Waals surface area (Å²) in [6, 6.07) is 35.6. The Morgan fingerprint density at radius 1 is 0.643 bits per heavy atom. The van der Waals surface area contributed by atoms with E-state index in [0.717, 1.165) is 11.3 Å². The van der Waals surface area contributed by atoms with Crippen LogP contribution < -0.4 is 0 Å². The van der Waals surface area contributed by atoms with Crippen molar-refractivity contribution in [1.29, 1.82) is 0 Å². The maximum absolute atomic E-state index is 4.52. The van der Waals surface area contributed by atoms with Crippen LogP contribution in [0.3, 0.4) is 0 Å². The van der Waals surface area contributed by atoms with Crippen LogP contribution in [0.25, 0.3) is 22.0 Å². The van der Waals surface area contributed by atoms with Gasteiger partial charge in [-0.15, -0.1) is 5.10 Å². The molecule has 3 heteroatoms. The Morgan fingerprint density at radius 3 is 2.14 bits per heavy atom. The predicted octanol–water partition coefficient (Wildman–Crippen LogP) is 5.74. The van der Waals surface area contributed by atoms with E-state index in [4.69, 9.17) is 0 Å². The van der Waals surface area contributed by atoms with E-state index >= 15 is 0 Å². The van der Waals surface area contributed by atoms with E-state index in [1.807, 2.05) is 35.1 Å². The molecule has 0 N–H and O–H groups in total. The highest BCUT2D eigenvalue weighted by Gasteiger charge is 2.20. The molecule has 0 aliphatic heterocycles. The molecule has 5 rings (SSSR count). The van der Waals surface area contributed by atoms with Crippen molar-refractivity contribution in [3.8, 4) is 11.3 Å². The van der Waals surface area contributed by atoms with Crippen LogP contribution >= 0.6 is 0 Å². The summed E-state index contributed by atoms with van der Waals surface area (Å²) in [5.74, 6) is 0. The van der Waals surface area contributed by atoms with Gasteiger partial charge in [-0.1, -0.05) is 108 Å². The summed E-state index contributed by atoms with van der Waals surface area (Å²) in [7, 11) is 0. The van der Waals surface area contributed by atoms with Gasteiger partial charge >= 0.3 is 0 Å². The smallest absolute Gasteiger partial charge is 0.113 e. The molecule has 134 valence electrons. The Labute approximate surface area is 163 Å². The second kappa shape index (κ2) is 7.12. The molecule has 0 fully saturated rings. The SMILES string of the molecule is c1ccc(-c2cn(C(c3ccccc3)c3cccc4ccccc34)nn2)cc1. The highest BCUT2D eigenvalue weighted by Crippen LogP contribution is 2.32. The molecule has 1 atom stereocenters. The zero-order chi connectivity index (χ0) is 18.8. The number of hydrogen-bond donors (Lipinski definition) is 0. The van der Waals surface area contributed by atoms with Crippen LogP contribution in [-0.4, -0.2) is 15.0 Å². The molecule has 0 bridgehead atoms. The van der Waals surface area contributed by atoms with Crippen LogP contribution in [0.1, 0.15) is 17.2 Å².